The zero-order valence-corrected chi connectivity index (χ0v) is 9.51. The Kier molecular flexibility index (Phi) is 2.52. The molecule has 0 radical (unpaired) electrons. The minimum Gasteiger partial charge on any atom is -0.192 e. The highest BCUT2D eigenvalue weighted by Crippen LogP contribution is 2.39. The normalized spacial score (nSPS) is 24.3. The Balaban J connectivity index is 2.54. The van der Waals surface area contributed by atoms with Crippen molar-refractivity contribution >= 4 is 0 Å². The molecule has 2 rings (SSSR count). The number of nitriles is 1. The lowest BCUT2D eigenvalue weighted by atomic mass is 9.69. The van der Waals surface area contributed by atoms with Crippen molar-refractivity contribution in [1.82, 2.24) is 0 Å². The van der Waals surface area contributed by atoms with Gasteiger partial charge in [-0.25, -0.2) is 0 Å². The predicted molar refractivity (Wildman–Crippen MR) is 61.7 cm³/mol. The summed E-state index contributed by atoms with van der Waals surface area (Å²) < 4.78 is 0. The lowest BCUT2D eigenvalue weighted by Crippen LogP contribution is -2.26. The van der Waals surface area contributed by atoms with Gasteiger partial charge in [0, 0.05) is 0 Å². The first-order chi connectivity index (χ1) is 7.19. The van der Waals surface area contributed by atoms with Crippen LogP contribution in [0.25, 0.3) is 0 Å². The number of benzene rings is 1. The maximum absolute atomic E-state index is 8.93. The van der Waals surface area contributed by atoms with E-state index in [4.69, 9.17) is 5.26 Å². The van der Waals surface area contributed by atoms with Crippen LogP contribution in [0, 0.1) is 11.3 Å². The fourth-order valence-electron chi connectivity index (χ4n) is 2.60. The van der Waals surface area contributed by atoms with E-state index in [2.05, 4.69) is 32.0 Å². The molecule has 78 valence electrons. The van der Waals surface area contributed by atoms with Gasteiger partial charge in [0.2, 0.25) is 0 Å². The van der Waals surface area contributed by atoms with Crippen LogP contribution in [-0.2, 0) is 11.8 Å². The first kappa shape index (κ1) is 10.2. The van der Waals surface area contributed by atoms with Crippen molar-refractivity contribution in [3.05, 3.63) is 34.9 Å². The Hall–Kier alpha value is -1.29. The van der Waals surface area contributed by atoms with Gasteiger partial charge in [0.1, 0.15) is 0 Å². The molecule has 0 heterocycles. The number of hydrogen-bond donors (Lipinski definition) is 0. The number of rotatable bonds is 1. The summed E-state index contributed by atoms with van der Waals surface area (Å²) >= 11 is 0. The fraction of sp³-hybridized carbons (Fsp3) is 0.500. The van der Waals surface area contributed by atoms with Gasteiger partial charge in [-0.1, -0.05) is 19.9 Å². The Morgan fingerprint density at radius 2 is 2.27 bits per heavy atom. The van der Waals surface area contributed by atoms with Crippen LogP contribution in [0.15, 0.2) is 18.2 Å². The molecule has 1 nitrogen and oxygen atoms in total. The van der Waals surface area contributed by atoms with Crippen molar-refractivity contribution in [2.45, 2.75) is 44.9 Å². The Morgan fingerprint density at radius 1 is 1.47 bits per heavy atom. The van der Waals surface area contributed by atoms with Gasteiger partial charge in [0.15, 0.2) is 0 Å². The van der Waals surface area contributed by atoms with Crippen LogP contribution in [0.2, 0.25) is 0 Å². The van der Waals surface area contributed by atoms with E-state index in [0.29, 0.717) is 5.41 Å². The third kappa shape index (κ3) is 1.65. The van der Waals surface area contributed by atoms with E-state index < -0.39 is 0 Å². The maximum atomic E-state index is 8.93. The second kappa shape index (κ2) is 3.70. The third-order valence-corrected chi connectivity index (χ3v) is 3.84. The lowest BCUT2D eigenvalue weighted by Gasteiger charge is -2.35. The summed E-state index contributed by atoms with van der Waals surface area (Å²) in [6.07, 6.45) is 4.88. The summed E-state index contributed by atoms with van der Waals surface area (Å²) in [4.78, 5) is 0. The minimum absolute atomic E-state index is 0.292. The Labute approximate surface area is 91.7 Å². The van der Waals surface area contributed by atoms with Crippen molar-refractivity contribution in [2.75, 3.05) is 0 Å². The summed E-state index contributed by atoms with van der Waals surface area (Å²) in [7, 11) is 0. The van der Waals surface area contributed by atoms with E-state index in [-0.39, 0.29) is 0 Å². The Bertz CT molecular complexity index is 414. The molecule has 1 heteroatoms. The van der Waals surface area contributed by atoms with Gasteiger partial charge in [0.25, 0.3) is 0 Å². The highest BCUT2D eigenvalue weighted by Gasteiger charge is 2.30. The fourth-order valence-corrected chi connectivity index (χ4v) is 2.60. The zero-order chi connectivity index (χ0) is 10.9. The van der Waals surface area contributed by atoms with Crippen LogP contribution in [0.1, 0.15) is 49.8 Å². The molecule has 0 saturated carbocycles. The molecule has 1 unspecified atom stereocenters. The molecule has 0 amide bonds. The van der Waals surface area contributed by atoms with E-state index >= 15 is 0 Å². The van der Waals surface area contributed by atoms with Crippen molar-refractivity contribution in [1.29, 1.82) is 5.26 Å². The summed E-state index contributed by atoms with van der Waals surface area (Å²) in [5, 5.41) is 8.93. The number of aryl methyl sites for hydroxylation is 1. The molecule has 1 aromatic carbocycles. The largest absolute Gasteiger partial charge is 0.192 e. The smallest absolute Gasteiger partial charge is 0.0991 e. The SMILES string of the molecule is CCC1(C)CCCc2ccc(C#N)cc21. The molecule has 1 aromatic rings. The molecule has 1 atom stereocenters. The maximum Gasteiger partial charge on any atom is 0.0991 e. The van der Waals surface area contributed by atoms with Gasteiger partial charge in [-0.2, -0.15) is 5.26 Å². The van der Waals surface area contributed by atoms with E-state index in [1.54, 1.807) is 0 Å². The number of hydrogen-bond acceptors (Lipinski definition) is 1. The van der Waals surface area contributed by atoms with Crippen molar-refractivity contribution < 1.29 is 0 Å². The quantitative estimate of drug-likeness (QED) is 0.678. The first-order valence-electron chi connectivity index (χ1n) is 5.73. The molecular weight excluding hydrogens is 182 g/mol. The number of fused-ring (bicyclic) bond motifs is 1. The predicted octanol–water partition coefficient (Wildman–Crippen LogP) is 3.56. The van der Waals surface area contributed by atoms with Crippen molar-refractivity contribution in [3.8, 4) is 6.07 Å². The van der Waals surface area contributed by atoms with Crippen LogP contribution in [0.5, 0.6) is 0 Å². The topological polar surface area (TPSA) is 23.8 Å². The molecule has 0 N–H and O–H groups in total. The van der Waals surface area contributed by atoms with Crippen LogP contribution in [0.3, 0.4) is 0 Å². The summed E-state index contributed by atoms with van der Waals surface area (Å²) in [5.41, 5.74) is 3.95. The van der Waals surface area contributed by atoms with Crippen molar-refractivity contribution in [3.63, 3.8) is 0 Å². The number of nitrogens with zero attached hydrogens (tertiary/aromatic N) is 1. The molecule has 0 aliphatic heterocycles. The summed E-state index contributed by atoms with van der Waals surface area (Å²) in [5.74, 6) is 0. The average Bonchev–Trinajstić information content (AvgIpc) is 2.29. The molecule has 0 fully saturated rings. The van der Waals surface area contributed by atoms with Crippen LogP contribution < -0.4 is 0 Å². The highest BCUT2D eigenvalue weighted by atomic mass is 14.3. The van der Waals surface area contributed by atoms with Gasteiger partial charge in [-0.15, -0.1) is 0 Å². The van der Waals surface area contributed by atoms with E-state index in [9.17, 15) is 0 Å². The molecule has 1 aliphatic rings. The highest BCUT2D eigenvalue weighted by molar-refractivity contribution is 5.43. The Morgan fingerprint density at radius 3 is 2.93 bits per heavy atom. The van der Waals surface area contributed by atoms with Crippen LogP contribution in [-0.4, -0.2) is 0 Å². The third-order valence-electron chi connectivity index (χ3n) is 3.84. The van der Waals surface area contributed by atoms with Gasteiger partial charge >= 0.3 is 0 Å². The summed E-state index contributed by atoms with van der Waals surface area (Å²) in [6.45, 7) is 4.57. The standard InChI is InChI=1S/C14H17N/c1-3-14(2)8-4-5-12-7-6-11(10-15)9-13(12)14/h6-7,9H,3-5,8H2,1-2H3. The molecule has 0 aromatic heterocycles. The molecule has 0 bridgehead atoms. The van der Waals surface area contributed by atoms with Crippen LogP contribution >= 0.6 is 0 Å². The van der Waals surface area contributed by atoms with Gasteiger partial charge < -0.3 is 0 Å². The van der Waals surface area contributed by atoms with Gasteiger partial charge in [-0.05, 0) is 54.4 Å². The van der Waals surface area contributed by atoms with Gasteiger partial charge in [0.05, 0.1) is 11.6 Å². The van der Waals surface area contributed by atoms with Crippen LogP contribution in [0.4, 0.5) is 0 Å². The monoisotopic (exact) mass is 199 g/mol. The molecule has 15 heavy (non-hydrogen) atoms. The molecule has 0 saturated heterocycles. The summed E-state index contributed by atoms with van der Waals surface area (Å²) in [6, 6.07) is 8.42. The van der Waals surface area contributed by atoms with Crippen molar-refractivity contribution in [2.24, 2.45) is 0 Å². The second-order valence-corrected chi connectivity index (χ2v) is 4.75. The van der Waals surface area contributed by atoms with E-state index in [0.717, 1.165) is 12.0 Å². The first-order valence-corrected chi connectivity index (χ1v) is 5.73. The average molecular weight is 199 g/mol. The van der Waals surface area contributed by atoms with Gasteiger partial charge in [-0.3, -0.25) is 0 Å². The van der Waals surface area contributed by atoms with E-state index in [1.165, 1.54) is 30.4 Å². The molecule has 0 spiro atoms. The molecular formula is C14H17N. The zero-order valence-electron chi connectivity index (χ0n) is 9.51. The minimum atomic E-state index is 0.292. The lowest BCUT2D eigenvalue weighted by molar-refractivity contribution is 0.381. The van der Waals surface area contributed by atoms with E-state index in [1.807, 2.05) is 6.07 Å². The second-order valence-electron chi connectivity index (χ2n) is 4.75. The molecule has 1 aliphatic carbocycles.